The van der Waals surface area contributed by atoms with Crippen LogP contribution in [0, 0.1) is 11.8 Å². The Morgan fingerprint density at radius 2 is 1.85 bits per heavy atom. The zero-order valence-corrected chi connectivity index (χ0v) is 13.1. The Kier molecular flexibility index (Phi) is 5.85. The largest absolute Gasteiger partial charge is 0.353 e. The maximum Gasteiger partial charge on any atom is 0.220 e. The van der Waals surface area contributed by atoms with Crippen LogP contribution in [0.1, 0.15) is 51.9 Å². The molecule has 0 aromatic rings. The Balaban J connectivity index is 1.68. The summed E-state index contributed by atoms with van der Waals surface area (Å²) in [6.07, 6.45) is 7.67. The summed E-state index contributed by atoms with van der Waals surface area (Å²) in [5.74, 6) is 1.55. The summed E-state index contributed by atoms with van der Waals surface area (Å²) >= 11 is 0. The van der Waals surface area contributed by atoms with E-state index in [0.29, 0.717) is 23.9 Å². The number of likely N-dealkylation sites (tertiary alicyclic amines) is 1. The van der Waals surface area contributed by atoms with Gasteiger partial charge in [-0.2, -0.15) is 0 Å². The molecule has 0 bridgehead atoms. The molecule has 0 aromatic heterocycles. The van der Waals surface area contributed by atoms with Crippen LogP contribution in [0.2, 0.25) is 0 Å². The molecule has 0 aromatic carbocycles. The van der Waals surface area contributed by atoms with E-state index in [9.17, 15) is 4.79 Å². The van der Waals surface area contributed by atoms with Crippen LogP contribution in [0.15, 0.2) is 0 Å². The molecule has 1 aliphatic heterocycles. The van der Waals surface area contributed by atoms with Crippen molar-refractivity contribution >= 4 is 5.91 Å². The molecule has 2 atom stereocenters. The molecule has 20 heavy (non-hydrogen) atoms. The molecule has 4 nitrogen and oxygen atoms in total. The number of hydrogen-bond acceptors (Lipinski definition) is 3. The van der Waals surface area contributed by atoms with Crippen molar-refractivity contribution in [2.24, 2.45) is 17.6 Å². The lowest BCUT2D eigenvalue weighted by Gasteiger charge is -2.35. The SMILES string of the molecule is CC1CC(NC(=O)CC2CCC(CN)CC2)CCN1C. The molecule has 0 spiro atoms. The number of piperidine rings is 1. The number of nitrogens with one attached hydrogen (secondary N) is 1. The second-order valence-corrected chi connectivity index (χ2v) is 6.95. The third kappa shape index (κ3) is 4.45. The molecule has 1 saturated heterocycles. The molecule has 2 aliphatic rings. The molecular weight excluding hydrogens is 250 g/mol. The van der Waals surface area contributed by atoms with Crippen LogP contribution in [0.25, 0.3) is 0 Å². The Morgan fingerprint density at radius 1 is 1.20 bits per heavy atom. The van der Waals surface area contributed by atoms with Gasteiger partial charge in [-0.1, -0.05) is 0 Å². The monoisotopic (exact) mass is 281 g/mol. The van der Waals surface area contributed by atoms with Crippen LogP contribution in [0.5, 0.6) is 0 Å². The minimum Gasteiger partial charge on any atom is -0.353 e. The lowest BCUT2D eigenvalue weighted by molar-refractivity contribution is -0.123. The highest BCUT2D eigenvalue weighted by molar-refractivity contribution is 5.76. The van der Waals surface area contributed by atoms with E-state index in [1.54, 1.807) is 0 Å². The lowest BCUT2D eigenvalue weighted by atomic mass is 9.80. The third-order valence-electron chi connectivity index (χ3n) is 5.35. The van der Waals surface area contributed by atoms with Gasteiger partial charge in [0.25, 0.3) is 0 Å². The van der Waals surface area contributed by atoms with Gasteiger partial charge in [0.15, 0.2) is 0 Å². The molecule has 1 saturated carbocycles. The number of carbonyl (C=O) groups is 1. The van der Waals surface area contributed by atoms with E-state index in [1.807, 2.05) is 0 Å². The van der Waals surface area contributed by atoms with Crippen molar-refractivity contribution in [3.63, 3.8) is 0 Å². The predicted molar refractivity (Wildman–Crippen MR) is 82.4 cm³/mol. The summed E-state index contributed by atoms with van der Waals surface area (Å²) in [4.78, 5) is 14.5. The first-order valence-electron chi connectivity index (χ1n) is 8.28. The van der Waals surface area contributed by atoms with Crippen molar-refractivity contribution in [2.75, 3.05) is 20.1 Å². The van der Waals surface area contributed by atoms with Crippen molar-refractivity contribution in [1.29, 1.82) is 0 Å². The summed E-state index contributed by atoms with van der Waals surface area (Å²) < 4.78 is 0. The van der Waals surface area contributed by atoms with Crippen LogP contribution < -0.4 is 11.1 Å². The quantitative estimate of drug-likeness (QED) is 0.825. The van der Waals surface area contributed by atoms with E-state index in [2.05, 4.69) is 24.2 Å². The predicted octanol–water partition coefficient (Wildman–Crippen LogP) is 1.74. The van der Waals surface area contributed by atoms with Crippen LogP contribution in [0.3, 0.4) is 0 Å². The first kappa shape index (κ1) is 15.8. The molecule has 116 valence electrons. The van der Waals surface area contributed by atoms with Crippen LogP contribution >= 0.6 is 0 Å². The average Bonchev–Trinajstić information content (AvgIpc) is 2.44. The molecule has 1 aliphatic carbocycles. The van der Waals surface area contributed by atoms with E-state index in [1.165, 1.54) is 25.7 Å². The highest BCUT2D eigenvalue weighted by Crippen LogP contribution is 2.30. The Hall–Kier alpha value is -0.610. The summed E-state index contributed by atoms with van der Waals surface area (Å²) in [6.45, 7) is 4.15. The van der Waals surface area contributed by atoms with Gasteiger partial charge in [0.05, 0.1) is 0 Å². The number of rotatable bonds is 4. The number of hydrogen-bond donors (Lipinski definition) is 2. The zero-order chi connectivity index (χ0) is 14.5. The lowest BCUT2D eigenvalue weighted by Crippen LogP contribution is -2.47. The van der Waals surface area contributed by atoms with Crippen molar-refractivity contribution in [2.45, 2.75) is 64.0 Å². The molecule has 2 rings (SSSR count). The van der Waals surface area contributed by atoms with Crippen molar-refractivity contribution in [3.8, 4) is 0 Å². The van der Waals surface area contributed by atoms with Gasteiger partial charge in [-0.25, -0.2) is 0 Å². The van der Waals surface area contributed by atoms with Gasteiger partial charge < -0.3 is 16.0 Å². The normalized spacial score (nSPS) is 35.8. The summed E-state index contributed by atoms with van der Waals surface area (Å²) in [6, 6.07) is 0.961. The fraction of sp³-hybridized carbons (Fsp3) is 0.938. The van der Waals surface area contributed by atoms with Gasteiger partial charge in [-0.05, 0) is 70.9 Å². The van der Waals surface area contributed by atoms with Crippen molar-refractivity contribution in [1.82, 2.24) is 10.2 Å². The summed E-state index contributed by atoms with van der Waals surface area (Å²) in [5, 5.41) is 3.25. The number of nitrogens with two attached hydrogens (primary N) is 1. The first-order valence-corrected chi connectivity index (χ1v) is 8.28. The summed E-state index contributed by atoms with van der Waals surface area (Å²) in [5.41, 5.74) is 5.71. The van der Waals surface area contributed by atoms with Gasteiger partial charge in [-0.15, -0.1) is 0 Å². The van der Waals surface area contributed by atoms with Gasteiger partial charge in [-0.3, -0.25) is 4.79 Å². The molecule has 2 fully saturated rings. The number of carbonyl (C=O) groups excluding carboxylic acids is 1. The fourth-order valence-corrected chi connectivity index (χ4v) is 3.64. The smallest absolute Gasteiger partial charge is 0.220 e. The van der Waals surface area contributed by atoms with E-state index in [4.69, 9.17) is 5.73 Å². The van der Waals surface area contributed by atoms with Crippen LogP contribution in [-0.4, -0.2) is 43.0 Å². The standard InChI is InChI=1S/C16H31N3O/c1-12-9-15(7-8-19(12)2)18-16(20)10-13-3-5-14(11-17)6-4-13/h12-15H,3-11,17H2,1-2H3,(H,18,20). The third-order valence-corrected chi connectivity index (χ3v) is 5.35. The van der Waals surface area contributed by atoms with E-state index in [-0.39, 0.29) is 5.91 Å². The first-order chi connectivity index (χ1) is 9.58. The minimum atomic E-state index is 0.267. The van der Waals surface area contributed by atoms with Gasteiger partial charge in [0.2, 0.25) is 5.91 Å². The second-order valence-electron chi connectivity index (χ2n) is 6.95. The highest BCUT2D eigenvalue weighted by Gasteiger charge is 2.26. The topological polar surface area (TPSA) is 58.4 Å². The molecule has 1 amide bonds. The Morgan fingerprint density at radius 3 is 2.45 bits per heavy atom. The van der Waals surface area contributed by atoms with Crippen molar-refractivity contribution in [3.05, 3.63) is 0 Å². The van der Waals surface area contributed by atoms with E-state index in [0.717, 1.165) is 32.4 Å². The van der Waals surface area contributed by atoms with Crippen LogP contribution in [-0.2, 0) is 4.79 Å². The second kappa shape index (κ2) is 7.41. The highest BCUT2D eigenvalue weighted by atomic mass is 16.1. The van der Waals surface area contributed by atoms with Gasteiger partial charge in [0, 0.05) is 25.0 Å². The molecule has 2 unspecified atom stereocenters. The molecule has 3 N–H and O–H groups in total. The number of amides is 1. The minimum absolute atomic E-state index is 0.267. The molecule has 0 radical (unpaired) electrons. The molecule has 1 heterocycles. The van der Waals surface area contributed by atoms with E-state index >= 15 is 0 Å². The fourth-order valence-electron chi connectivity index (χ4n) is 3.64. The molecule has 4 heteroatoms. The van der Waals surface area contributed by atoms with Gasteiger partial charge >= 0.3 is 0 Å². The van der Waals surface area contributed by atoms with E-state index < -0.39 is 0 Å². The maximum absolute atomic E-state index is 12.2. The Labute approximate surface area is 123 Å². The van der Waals surface area contributed by atoms with Gasteiger partial charge in [0.1, 0.15) is 0 Å². The average molecular weight is 281 g/mol. The maximum atomic E-state index is 12.2. The number of nitrogens with zero attached hydrogens (tertiary/aromatic N) is 1. The van der Waals surface area contributed by atoms with Crippen LogP contribution in [0.4, 0.5) is 0 Å². The Bertz CT molecular complexity index is 313. The zero-order valence-electron chi connectivity index (χ0n) is 13.1. The molecular formula is C16H31N3O. The van der Waals surface area contributed by atoms with Crippen molar-refractivity contribution < 1.29 is 4.79 Å². The summed E-state index contributed by atoms with van der Waals surface area (Å²) in [7, 11) is 2.17.